The van der Waals surface area contributed by atoms with Crippen LogP contribution in [0.2, 0.25) is 0 Å². The van der Waals surface area contributed by atoms with Gasteiger partial charge in [-0.1, -0.05) is 36.9 Å². The van der Waals surface area contributed by atoms with Gasteiger partial charge in [0.1, 0.15) is 5.82 Å². The first kappa shape index (κ1) is 15.9. The van der Waals surface area contributed by atoms with Crippen molar-refractivity contribution in [3.63, 3.8) is 0 Å². The molecule has 0 aliphatic heterocycles. The standard InChI is InChI=1S/C23H20N4/c1-4-15-19(24-2)11-12-21-22(15)26-23(27(21)3)17-13-16(17)20-10-9-14-7-5-6-8-18(14)25-20/h4-12,16-17H,1-2,13H2,3H3. The number of rotatable bonds is 4. The second-order valence-electron chi connectivity index (χ2n) is 7.13. The number of hydrogen-bond acceptors (Lipinski definition) is 3. The fourth-order valence-corrected chi connectivity index (χ4v) is 4.05. The van der Waals surface area contributed by atoms with Gasteiger partial charge in [-0.2, -0.15) is 0 Å². The Balaban J connectivity index is 1.55. The van der Waals surface area contributed by atoms with Crippen molar-refractivity contribution in [1.29, 1.82) is 0 Å². The number of aliphatic imine (C=N–C) groups is 1. The molecule has 0 N–H and O–H groups in total. The topological polar surface area (TPSA) is 43.1 Å². The van der Waals surface area contributed by atoms with Crippen LogP contribution in [-0.2, 0) is 7.05 Å². The van der Waals surface area contributed by atoms with E-state index in [0.717, 1.165) is 45.7 Å². The second-order valence-corrected chi connectivity index (χ2v) is 7.13. The lowest BCUT2D eigenvalue weighted by atomic mass is 10.1. The minimum atomic E-state index is 0.397. The number of aromatic nitrogens is 3. The molecule has 4 aromatic rings. The Bertz CT molecular complexity index is 1220. The van der Waals surface area contributed by atoms with Gasteiger partial charge in [0.25, 0.3) is 0 Å². The van der Waals surface area contributed by atoms with Gasteiger partial charge in [-0.15, -0.1) is 0 Å². The van der Waals surface area contributed by atoms with Gasteiger partial charge in [-0.25, -0.2) is 4.98 Å². The average Bonchev–Trinajstić information content (AvgIpc) is 3.44. The molecule has 2 aromatic heterocycles. The third kappa shape index (κ3) is 2.40. The molecule has 5 rings (SSSR count). The molecule has 132 valence electrons. The smallest absolute Gasteiger partial charge is 0.113 e. The minimum absolute atomic E-state index is 0.397. The maximum atomic E-state index is 4.97. The molecule has 4 nitrogen and oxygen atoms in total. The normalized spacial score (nSPS) is 18.7. The lowest BCUT2D eigenvalue weighted by Gasteiger charge is -2.04. The van der Waals surface area contributed by atoms with E-state index in [0.29, 0.717) is 11.8 Å². The van der Waals surface area contributed by atoms with E-state index in [1.807, 2.05) is 24.3 Å². The fraction of sp³-hybridized carbons (Fsp3) is 0.174. The zero-order valence-corrected chi connectivity index (χ0v) is 15.3. The van der Waals surface area contributed by atoms with Crippen molar-refractivity contribution in [2.75, 3.05) is 0 Å². The van der Waals surface area contributed by atoms with Gasteiger partial charge >= 0.3 is 0 Å². The van der Waals surface area contributed by atoms with Crippen molar-refractivity contribution in [3.05, 3.63) is 72.2 Å². The number of hydrogen-bond donors (Lipinski definition) is 0. The predicted octanol–water partition coefficient (Wildman–Crippen LogP) is 5.37. The summed E-state index contributed by atoms with van der Waals surface area (Å²) in [7, 11) is 2.09. The number of aryl methyl sites for hydroxylation is 1. The van der Waals surface area contributed by atoms with Crippen LogP contribution in [0, 0.1) is 0 Å². The van der Waals surface area contributed by atoms with Crippen molar-refractivity contribution >= 4 is 40.4 Å². The molecular weight excluding hydrogens is 332 g/mol. The molecule has 0 radical (unpaired) electrons. The van der Waals surface area contributed by atoms with Crippen LogP contribution in [0.25, 0.3) is 28.0 Å². The van der Waals surface area contributed by atoms with E-state index in [1.165, 1.54) is 5.39 Å². The first-order valence-corrected chi connectivity index (χ1v) is 9.15. The van der Waals surface area contributed by atoms with Gasteiger partial charge < -0.3 is 4.57 Å². The lowest BCUT2D eigenvalue weighted by molar-refractivity contribution is 0.800. The molecule has 1 aliphatic carbocycles. The largest absolute Gasteiger partial charge is 0.331 e. The number of benzene rings is 2. The van der Waals surface area contributed by atoms with E-state index in [9.17, 15) is 0 Å². The summed E-state index contributed by atoms with van der Waals surface area (Å²) >= 11 is 0. The Morgan fingerprint density at radius 3 is 2.74 bits per heavy atom. The van der Waals surface area contributed by atoms with Gasteiger partial charge in [0.2, 0.25) is 0 Å². The molecule has 1 saturated carbocycles. The molecule has 0 bridgehead atoms. The molecule has 0 spiro atoms. The molecule has 4 heteroatoms. The van der Waals surface area contributed by atoms with Crippen LogP contribution in [0.4, 0.5) is 5.69 Å². The van der Waals surface area contributed by atoms with Crippen LogP contribution < -0.4 is 0 Å². The van der Waals surface area contributed by atoms with Gasteiger partial charge in [0.05, 0.1) is 22.2 Å². The van der Waals surface area contributed by atoms with E-state index in [4.69, 9.17) is 9.97 Å². The van der Waals surface area contributed by atoms with Crippen molar-refractivity contribution in [2.45, 2.75) is 18.3 Å². The SMILES string of the molecule is C=Cc1c(N=C)ccc2c1nc(C1CC1c1ccc3ccccc3n1)n2C. The maximum Gasteiger partial charge on any atom is 0.113 e. The van der Waals surface area contributed by atoms with E-state index < -0.39 is 0 Å². The molecule has 2 unspecified atom stereocenters. The highest BCUT2D eigenvalue weighted by molar-refractivity contribution is 5.91. The molecular formula is C23H20N4. The predicted molar refractivity (Wildman–Crippen MR) is 112 cm³/mol. The van der Waals surface area contributed by atoms with E-state index in [1.54, 1.807) is 0 Å². The second kappa shape index (κ2) is 5.88. The van der Waals surface area contributed by atoms with Crippen molar-refractivity contribution < 1.29 is 0 Å². The first-order valence-electron chi connectivity index (χ1n) is 9.15. The lowest BCUT2D eigenvalue weighted by Crippen LogP contribution is -1.97. The Kier molecular flexibility index (Phi) is 3.47. The third-order valence-electron chi connectivity index (χ3n) is 5.60. The Morgan fingerprint density at radius 2 is 1.93 bits per heavy atom. The third-order valence-corrected chi connectivity index (χ3v) is 5.60. The fourth-order valence-electron chi connectivity index (χ4n) is 4.05. The maximum absolute atomic E-state index is 4.97. The highest BCUT2D eigenvalue weighted by Gasteiger charge is 2.43. The van der Waals surface area contributed by atoms with Gasteiger partial charge in [-0.3, -0.25) is 9.98 Å². The molecule has 27 heavy (non-hydrogen) atoms. The number of nitrogens with zero attached hydrogens (tertiary/aromatic N) is 4. The number of fused-ring (bicyclic) bond motifs is 2. The molecule has 1 aliphatic rings. The number of pyridine rings is 1. The van der Waals surface area contributed by atoms with Crippen LogP contribution >= 0.6 is 0 Å². The van der Waals surface area contributed by atoms with Crippen molar-refractivity contribution in [3.8, 4) is 0 Å². The summed E-state index contributed by atoms with van der Waals surface area (Å²) in [6.07, 6.45) is 2.90. The summed E-state index contributed by atoms with van der Waals surface area (Å²) < 4.78 is 2.20. The van der Waals surface area contributed by atoms with Crippen LogP contribution in [-0.4, -0.2) is 21.3 Å². The van der Waals surface area contributed by atoms with E-state index in [2.05, 4.69) is 60.2 Å². The number of para-hydroxylation sites is 1. The van der Waals surface area contributed by atoms with Crippen molar-refractivity contribution in [2.24, 2.45) is 12.0 Å². The molecule has 2 atom stereocenters. The highest BCUT2D eigenvalue weighted by Crippen LogP contribution is 2.54. The van der Waals surface area contributed by atoms with Gasteiger partial charge in [0.15, 0.2) is 0 Å². The van der Waals surface area contributed by atoms with E-state index >= 15 is 0 Å². The summed E-state index contributed by atoms with van der Waals surface area (Å²) in [5.74, 6) is 1.93. The van der Waals surface area contributed by atoms with Crippen LogP contribution in [0.5, 0.6) is 0 Å². The average molecular weight is 352 g/mol. The highest BCUT2D eigenvalue weighted by atomic mass is 15.1. The summed E-state index contributed by atoms with van der Waals surface area (Å²) in [6, 6.07) is 16.6. The zero-order valence-electron chi connectivity index (χ0n) is 15.3. The van der Waals surface area contributed by atoms with Crippen LogP contribution in [0.15, 0.2) is 60.1 Å². The van der Waals surface area contributed by atoms with Crippen molar-refractivity contribution in [1.82, 2.24) is 14.5 Å². The summed E-state index contributed by atoms with van der Waals surface area (Å²) in [5.41, 5.74) is 6.04. The Labute approximate surface area is 157 Å². The number of imidazole rings is 1. The zero-order chi connectivity index (χ0) is 18.5. The Hall–Kier alpha value is -3.27. The summed E-state index contributed by atoms with van der Waals surface area (Å²) in [5, 5.41) is 1.18. The quantitative estimate of drug-likeness (QED) is 0.464. The summed E-state index contributed by atoms with van der Waals surface area (Å²) in [4.78, 5) is 14.0. The van der Waals surface area contributed by atoms with Gasteiger partial charge in [0, 0.05) is 35.5 Å². The molecule has 0 saturated heterocycles. The molecule has 2 heterocycles. The first-order chi connectivity index (χ1) is 13.2. The van der Waals surface area contributed by atoms with E-state index in [-0.39, 0.29) is 0 Å². The van der Waals surface area contributed by atoms with Crippen LogP contribution in [0.1, 0.15) is 35.3 Å². The molecule has 2 aromatic carbocycles. The minimum Gasteiger partial charge on any atom is -0.331 e. The molecule has 1 fully saturated rings. The summed E-state index contributed by atoms with van der Waals surface area (Å²) in [6.45, 7) is 7.59. The molecule has 0 amide bonds. The Morgan fingerprint density at radius 1 is 1.07 bits per heavy atom. The van der Waals surface area contributed by atoms with Crippen LogP contribution in [0.3, 0.4) is 0 Å². The monoisotopic (exact) mass is 352 g/mol. The van der Waals surface area contributed by atoms with Gasteiger partial charge in [-0.05, 0) is 37.4 Å².